The molecule has 0 unspecified atom stereocenters. The standard InChI is InChI=1S/C22H29F3N4O/c1-16-8-10-17(11-9-16)29-19(22(23,24)25)18(14-27-29)20(30)26-15-21(28(2)3)12-6-4-5-7-13-21/h8-11,14H,4-7,12-13,15H2,1-3H3,(H,26,30). The Morgan fingerprint density at radius 1 is 1.13 bits per heavy atom. The Hall–Kier alpha value is -2.35. The summed E-state index contributed by atoms with van der Waals surface area (Å²) in [5.74, 6) is -0.744. The molecule has 0 atom stereocenters. The van der Waals surface area contributed by atoms with Crippen molar-refractivity contribution in [2.75, 3.05) is 20.6 Å². The van der Waals surface area contributed by atoms with Crippen LogP contribution in [0.2, 0.25) is 0 Å². The number of aromatic nitrogens is 2. The molecule has 1 heterocycles. The number of likely N-dealkylation sites (N-methyl/N-ethyl adjacent to an activating group) is 1. The number of rotatable bonds is 5. The van der Waals surface area contributed by atoms with Gasteiger partial charge < -0.3 is 10.2 Å². The van der Waals surface area contributed by atoms with Crippen LogP contribution in [0.1, 0.15) is 60.1 Å². The highest BCUT2D eigenvalue weighted by Gasteiger charge is 2.41. The minimum atomic E-state index is -4.71. The third-order valence-electron chi connectivity index (χ3n) is 6.12. The minimum absolute atomic E-state index is 0.239. The smallest absolute Gasteiger partial charge is 0.350 e. The van der Waals surface area contributed by atoms with Crippen molar-refractivity contribution in [3.05, 3.63) is 47.3 Å². The number of alkyl halides is 3. The molecule has 1 aliphatic rings. The third-order valence-corrected chi connectivity index (χ3v) is 6.12. The van der Waals surface area contributed by atoms with E-state index in [1.54, 1.807) is 24.3 Å². The van der Waals surface area contributed by atoms with Crippen LogP contribution in [0.5, 0.6) is 0 Å². The van der Waals surface area contributed by atoms with Crippen LogP contribution in [0.4, 0.5) is 13.2 Å². The van der Waals surface area contributed by atoms with Crippen LogP contribution in [-0.4, -0.2) is 46.8 Å². The number of hydrogen-bond acceptors (Lipinski definition) is 3. The van der Waals surface area contributed by atoms with Gasteiger partial charge in [-0.25, -0.2) is 4.68 Å². The Bertz CT molecular complexity index is 863. The molecule has 1 aliphatic carbocycles. The number of carbonyl (C=O) groups is 1. The fourth-order valence-corrected chi connectivity index (χ4v) is 4.18. The maximum atomic E-state index is 13.9. The highest BCUT2D eigenvalue weighted by Crippen LogP contribution is 2.34. The van der Waals surface area contributed by atoms with Crippen molar-refractivity contribution in [2.45, 2.75) is 57.2 Å². The lowest BCUT2D eigenvalue weighted by Crippen LogP contribution is -2.52. The SMILES string of the molecule is Cc1ccc(-n2ncc(C(=O)NCC3(N(C)C)CCCCCC3)c2C(F)(F)F)cc1. The average Bonchev–Trinajstić information content (AvgIpc) is 3.00. The van der Waals surface area contributed by atoms with Gasteiger partial charge in [0.2, 0.25) is 0 Å². The zero-order valence-corrected chi connectivity index (χ0v) is 17.7. The van der Waals surface area contributed by atoms with Gasteiger partial charge in [0, 0.05) is 12.1 Å². The van der Waals surface area contributed by atoms with E-state index >= 15 is 0 Å². The highest BCUT2D eigenvalue weighted by molar-refractivity contribution is 5.95. The van der Waals surface area contributed by atoms with E-state index in [-0.39, 0.29) is 11.2 Å². The summed E-state index contributed by atoms with van der Waals surface area (Å²) in [6.45, 7) is 2.16. The van der Waals surface area contributed by atoms with Gasteiger partial charge in [0.25, 0.3) is 5.91 Å². The van der Waals surface area contributed by atoms with Crippen LogP contribution in [0.15, 0.2) is 30.5 Å². The summed E-state index contributed by atoms with van der Waals surface area (Å²) in [6.07, 6.45) is 2.50. The number of aryl methyl sites for hydroxylation is 1. The van der Waals surface area contributed by atoms with Crippen molar-refractivity contribution in [3.63, 3.8) is 0 Å². The summed E-state index contributed by atoms with van der Waals surface area (Å²) in [5.41, 5.74) is -0.554. The van der Waals surface area contributed by atoms with Crippen molar-refractivity contribution in [3.8, 4) is 5.69 Å². The monoisotopic (exact) mass is 422 g/mol. The van der Waals surface area contributed by atoms with Crippen molar-refractivity contribution in [1.29, 1.82) is 0 Å². The second-order valence-corrected chi connectivity index (χ2v) is 8.37. The predicted octanol–water partition coefficient (Wildman–Crippen LogP) is 4.58. The van der Waals surface area contributed by atoms with E-state index in [0.29, 0.717) is 6.54 Å². The maximum Gasteiger partial charge on any atom is 0.434 e. The second-order valence-electron chi connectivity index (χ2n) is 8.37. The topological polar surface area (TPSA) is 50.2 Å². The Balaban J connectivity index is 1.87. The van der Waals surface area contributed by atoms with Gasteiger partial charge >= 0.3 is 6.18 Å². The summed E-state index contributed by atoms with van der Waals surface area (Å²) in [4.78, 5) is 14.9. The Morgan fingerprint density at radius 3 is 2.27 bits per heavy atom. The molecule has 1 aromatic heterocycles. The molecule has 0 aliphatic heterocycles. The Kier molecular flexibility index (Phi) is 6.55. The van der Waals surface area contributed by atoms with Crippen LogP contribution in [0.25, 0.3) is 5.69 Å². The fraction of sp³-hybridized carbons (Fsp3) is 0.545. The molecule has 164 valence electrons. The van der Waals surface area contributed by atoms with Gasteiger partial charge in [-0.3, -0.25) is 4.79 Å². The van der Waals surface area contributed by atoms with Crippen LogP contribution in [-0.2, 0) is 6.18 Å². The largest absolute Gasteiger partial charge is 0.434 e. The quantitative estimate of drug-likeness (QED) is 0.718. The average molecular weight is 422 g/mol. The highest BCUT2D eigenvalue weighted by atomic mass is 19.4. The third kappa shape index (κ3) is 4.69. The van der Waals surface area contributed by atoms with Crippen LogP contribution in [0, 0.1) is 6.92 Å². The molecule has 1 N–H and O–H groups in total. The summed E-state index contributed by atoms with van der Waals surface area (Å²) < 4.78 is 42.4. The Labute approximate surface area is 175 Å². The molecule has 2 aromatic rings. The number of carbonyl (C=O) groups excluding carboxylic acids is 1. The molecule has 0 saturated heterocycles. The van der Waals surface area contributed by atoms with Crippen molar-refractivity contribution >= 4 is 5.91 Å². The molecule has 0 spiro atoms. The van der Waals surface area contributed by atoms with Gasteiger partial charge in [-0.15, -0.1) is 0 Å². The number of halogens is 3. The van der Waals surface area contributed by atoms with Gasteiger partial charge in [0.15, 0.2) is 5.69 Å². The van der Waals surface area contributed by atoms with E-state index in [4.69, 9.17) is 0 Å². The fourth-order valence-electron chi connectivity index (χ4n) is 4.18. The van der Waals surface area contributed by atoms with Crippen LogP contribution >= 0.6 is 0 Å². The Morgan fingerprint density at radius 2 is 1.73 bits per heavy atom. The molecule has 1 amide bonds. The first kappa shape index (κ1) is 22.3. The summed E-state index contributed by atoms with van der Waals surface area (Å²) in [5, 5.41) is 6.66. The van der Waals surface area contributed by atoms with E-state index in [0.717, 1.165) is 55.0 Å². The molecule has 1 fully saturated rings. The predicted molar refractivity (Wildman–Crippen MR) is 110 cm³/mol. The molecule has 0 radical (unpaired) electrons. The molecule has 8 heteroatoms. The van der Waals surface area contributed by atoms with Gasteiger partial charge in [-0.1, -0.05) is 43.4 Å². The lowest BCUT2D eigenvalue weighted by Gasteiger charge is -2.39. The first-order valence-corrected chi connectivity index (χ1v) is 10.3. The number of hydrogen-bond donors (Lipinski definition) is 1. The molecule has 1 aromatic carbocycles. The van der Waals surface area contributed by atoms with Gasteiger partial charge in [-0.2, -0.15) is 18.3 Å². The summed E-state index contributed by atoms with van der Waals surface area (Å²) in [6, 6.07) is 6.55. The minimum Gasteiger partial charge on any atom is -0.350 e. The van der Waals surface area contributed by atoms with Crippen LogP contribution < -0.4 is 5.32 Å². The van der Waals surface area contributed by atoms with E-state index in [9.17, 15) is 18.0 Å². The first-order valence-electron chi connectivity index (χ1n) is 10.3. The van der Waals surface area contributed by atoms with Gasteiger partial charge in [-0.05, 0) is 46.0 Å². The van der Waals surface area contributed by atoms with Crippen molar-refractivity contribution in [2.24, 2.45) is 0 Å². The van der Waals surface area contributed by atoms with E-state index in [1.165, 1.54) is 0 Å². The molecule has 1 saturated carbocycles. The summed E-state index contributed by atoms with van der Waals surface area (Å²) in [7, 11) is 3.93. The molecule has 0 bridgehead atoms. The van der Waals surface area contributed by atoms with Gasteiger partial charge in [0.05, 0.1) is 17.4 Å². The zero-order valence-electron chi connectivity index (χ0n) is 17.7. The molecule has 3 rings (SSSR count). The molecule has 5 nitrogen and oxygen atoms in total. The molecule has 30 heavy (non-hydrogen) atoms. The molecular weight excluding hydrogens is 393 g/mol. The lowest BCUT2D eigenvalue weighted by atomic mass is 9.88. The normalized spacial score (nSPS) is 17.0. The number of nitrogens with one attached hydrogen (secondary N) is 1. The lowest BCUT2D eigenvalue weighted by molar-refractivity contribution is -0.143. The zero-order chi connectivity index (χ0) is 21.9. The van der Waals surface area contributed by atoms with Crippen molar-refractivity contribution < 1.29 is 18.0 Å². The number of benzene rings is 1. The number of amides is 1. The van der Waals surface area contributed by atoms with E-state index in [1.807, 2.05) is 21.0 Å². The van der Waals surface area contributed by atoms with E-state index < -0.39 is 23.3 Å². The van der Waals surface area contributed by atoms with Gasteiger partial charge in [0.1, 0.15) is 0 Å². The van der Waals surface area contributed by atoms with Crippen molar-refractivity contribution in [1.82, 2.24) is 20.0 Å². The maximum absolute atomic E-state index is 13.9. The summed E-state index contributed by atoms with van der Waals surface area (Å²) >= 11 is 0. The second kappa shape index (κ2) is 8.79. The molecular formula is C22H29F3N4O. The van der Waals surface area contributed by atoms with Crippen LogP contribution in [0.3, 0.4) is 0 Å². The number of nitrogens with zero attached hydrogens (tertiary/aromatic N) is 3. The van der Waals surface area contributed by atoms with E-state index in [2.05, 4.69) is 15.3 Å². The first-order chi connectivity index (χ1) is 14.1.